The van der Waals surface area contributed by atoms with E-state index in [1.54, 1.807) is 0 Å². The molecule has 1 N–H and O–H groups in total. The van der Waals surface area contributed by atoms with Crippen molar-refractivity contribution < 1.29 is 0 Å². The number of hydrogen-bond donors (Lipinski definition) is 1. The van der Waals surface area contributed by atoms with Crippen LogP contribution in [0.3, 0.4) is 0 Å². The van der Waals surface area contributed by atoms with Crippen LogP contribution >= 0.6 is 11.5 Å². The maximum atomic E-state index is 4.68. The molecule has 0 saturated heterocycles. The summed E-state index contributed by atoms with van der Waals surface area (Å²) in [6.07, 6.45) is 7.02. The predicted molar refractivity (Wildman–Crippen MR) is 81.9 cm³/mol. The molecule has 20 heavy (non-hydrogen) atoms. The third-order valence-corrected chi connectivity index (χ3v) is 4.26. The van der Waals surface area contributed by atoms with Gasteiger partial charge in [-0.3, -0.25) is 4.68 Å². The molecule has 6 heteroatoms. The number of aromatic nitrogens is 4. The predicted octanol–water partition coefficient (Wildman–Crippen LogP) is 2.99. The van der Waals surface area contributed by atoms with Gasteiger partial charge in [0.25, 0.3) is 0 Å². The second kappa shape index (κ2) is 7.50. The second-order valence-electron chi connectivity index (χ2n) is 5.08. The standard InChI is InChI=1S/C14H23N5S/c1-4-7-15-13(14-10-16-18-20-14)9-12-6-8-19(17-12)11(3)5-2/h6,8,10-11,13,15H,4-5,7,9H2,1-3H3. The molecule has 0 bridgehead atoms. The fourth-order valence-electron chi connectivity index (χ4n) is 2.05. The third-order valence-electron chi connectivity index (χ3n) is 3.48. The lowest BCUT2D eigenvalue weighted by Crippen LogP contribution is -2.23. The van der Waals surface area contributed by atoms with Crippen molar-refractivity contribution >= 4 is 11.5 Å². The van der Waals surface area contributed by atoms with Gasteiger partial charge in [0, 0.05) is 18.7 Å². The van der Waals surface area contributed by atoms with E-state index in [9.17, 15) is 0 Å². The Morgan fingerprint density at radius 2 is 2.25 bits per heavy atom. The minimum Gasteiger partial charge on any atom is -0.309 e. The van der Waals surface area contributed by atoms with E-state index in [0.717, 1.165) is 31.5 Å². The molecule has 2 aromatic rings. The molecular weight excluding hydrogens is 270 g/mol. The van der Waals surface area contributed by atoms with Gasteiger partial charge in [0.05, 0.1) is 22.8 Å². The van der Waals surface area contributed by atoms with Crippen LogP contribution in [0, 0.1) is 0 Å². The topological polar surface area (TPSA) is 55.6 Å². The lowest BCUT2D eigenvalue weighted by molar-refractivity contribution is 0.466. The van der Waals surface area contributed by atoms with Crippen molar-refractivity contribution in [3.63, 3.8) is 0 Å². The van der Waals surface area contributed by atoms with E-state index in [0.29, 0.717) is 6.04 Å². The summed E-state index contributed by atoms with van der Waals surface area (Å²) < 4.78 is 6.02. The molecule has 2 aromatic heterocycles. The molecule has 0 spiro atoms. The fraction of sp³-hybridized carbons (Fsp3) is 0.643. The first kappa shape index (κ1) is 15.1. The molecule has 0 saturated carbocycles. The highest BCUT2D eigenvalue weighted by atomic mass is 32.1. The van der Waals surface area contributed by atoms with Crippen LogP contribution < -0.4 is 5.32 Å². The van der Waals surface area contributed by atoms with Crippen LogP contribution in [0.15, 0.2) is 18.5 Å². The van der Waals surface area contributed by atoms with Crippen molar-refractivity contribution in [1.29, 1.82) is 0 Å². The second-order valence-corrected chi connectivity index (χ2v) is 5.89. The van der Waals surface area contributed by atoms with E-state index in [-0.39, 0.29) is 6.04 Å². The van der Waals surface area contributed by atoms with Gasteiger partial charge in [0.1, 0.15) is 0 Å². The lowest BCUT2D eigenvalue weighted by Gasteiger charge is -2.15. The largest absolute Gasteiger partial charge is 0.309 e. The third kappa shape index (κ3) is 3.86. The van der Waals surface area contributed by atoms with Crippen LogP contribution in [0.25, 0.3) is 0 Å². The minimum atomic E-state index is 0.259. The van der Waals surface area contributed by atoms with E-state index in [2.05, 4.69) is 57.7 Å². The highest BCUT2D eigenvalue weighted by Gasteiger charge is 2.16. The summed E-state index contributed by atoms with van der Waals surface area (Å²) in [7, 11) is 0. The Labute approximate surface area is 124 Å². The van der Waals surface area contributed by atoms with Gasteiger partial charge in [0.15, 0.2) is 0 Å². The summed E-state index contributed by atoms with van der Waals surface area (Å²) in [5.41, 5.74) is 1.12. The van der Waals surface area contributed by atoms with Crippen LogP contribution in [-0.2, 0) is 6.42 Å². The smallest absolute Gasteiger partial charge is 0.0669 e. The van der Waals surface area contributed by atoms with Gasteiger partial charge < -0.3 is 5.32 Å². The van der Waals surface area contributed by atoms with Crippen molar-refractivity contribution in [2.75, 3.05) is 6.54 Å². The van der Waals surface area contributed by atoms with Crippen LogP contribution in [0.4, 0.5) is 0 Å². The van der Waals surface area contributed by atoms with Crippen LogP contribution in [0.2, 0.25) is 0 Å². The molecule has 0 aliphatic carbocycles. The number of hydrogen-bond acceptors (Lipinski definition) is 5. The van der Waals surface area contributed by atoms with Gasteiger partial charge in [-0.15, -0.1) is 5.10 Å². The Balaban J connectivity index is 2.05. The molecule has 110 valence electrons. The molecular formula is C14H23N5S. The molecule has 0 radical (unpaired) electrons. The van der Waals surface area contributed by atoms with Crippen LogP contribution in [-0.4, -0.2) is 25.9 Å². The zero-order chi connectivity index (χ0) is 14.4. The summed E-state index contributed by atoms with van der Waals surface area (Å²) in [5.74, 6) is 0. The van der Waals surface area contributed by atoms with Crippen molar-refractivity contribution in [1.82, 2.24) is 24.7 Å². The van der Waals surface area contributed by atoms with Gasteiger partial charge in [-0.1, -0.05) is 18.3 Å². The highest BCUT2D eigenvalue weighted by molar-refractivity contribution is 7.05. The summed E-state index contributed by atoms with van der Waals surface area (Å²) in [5, 5.41) is 12.2. The lowest BCUT2D eigenvalue weighted by atomic mass is 10.1. The maximum absolute atomic E-state index is 4.68. The molecule has 2 unspecified atom stereocenters. The van der Waals surface area contributed by atoms with Crippen LogP contribution in [0.5, 0.6) is 0 Å². The van der Waals surface area contributed by atoms with Crippen molar-refractivity contribution in [2.24, 2.45) is 0 Å². The van der Waals surface area contributed by atoms with Gasteiger partial charge >= 0.3 is 0 Å². The molecule has 2 heterocycles. The summed E-state index contributed by atoms with van der Waals surface area (Å²) in [6.45, 7) is 7.54. The maximum Gasteiger partial charge on any atom is 0.0669 e. The molecule has 5 nitrogen and oxygen atoms in total. The molecule has 0 aliphatic rings. The summed E-state index contributed by atoms with van der Waals surface area (Å²) in [6, 6.07) is 2.83. The average molecular weight is 293 g/mol. The van der Waals surface area contributed by atoms with Crippen LogP contribution in [0.1, 0.15) is 56.3 Å². The van der Waals surface area contributed by atoms with Gasteiger partial charge in [-0.2, -0.15) is 5.10 Å². The average Bonchev–Trinajstić information content (AvgIpc) is 3.13. The van der Waals surface area contributed by atoms with Gasteiger partial charge in [0.2, 0.25) is 0 Å². The number of nitrogens with one attached hydrogen (secondary N) is 1. The Morgan fingerprint density at radius 3 is 2.90 bits per heavy atom. The molecule has 0 amide bonds. The zero-order valence-electron chi connectivity index (χ0n) is 12.4. The Kier molecular flexibility index (Phi) is 5.67. The van der Waals surface area contributed by atoms with Gasteiger partial charge in [-0.25, -0.2) is 0 Å². The summed E-state index contributed by atoms with van der Waals surface area (Å²) >= 11 is 1.46. The number of rotatable bonds is 8. The molecule has 2 atom stereocenters. The first-order chi connectivity index (χ1) is 9.74. The van der Waals surface area contributed by atoms with Crippen molar-refractivity contribution in [3.05, 3.63) is 29.0 Å². The molecule has 0 fully saturated rings. The molecule has 0 aliphatic heterocycles. The zero-order valence-corrected chi connectivity index (χ0v) is 13.2. The van der Waals surface area contributed by atoms with E-state index in [1.807, 2.05) is 6.20 Å². The van der Waals surface area contributed by atoms with Crippen molar-refractivity contribution in [2.45, 2.75) is 52.1 Å². The Morgan fingerprint density at radius 1 is 1.40 bits per heavy atom. The summed E-state index contributed by atoms with van der Waals surface area (Å²) in [4.78, 5) is 1.18. The monoisotopic (exact) mass is 293 g/mol. The van der Waals surface area contributed by atoms with E-state index >= 15 is 0 Å². The molecule has 2 rings (SSSR count). The number of nitrogens with zero attached hydrogens (tertiary/aromatic N) is 4. The highest BCUT2D eigenvalue weighted by Crippen LogP contribution is 2.20. The minimum absolute atomic E-state index is 0.259. The fourth-order valence-corrected chi connectivity index (χ4v) is 2.62. The SMILES string of the molecule is CCCNC(Cc1ccn(C(C)CC)n1)c1cnns1. The van der Waals surface area contributed by atoms with Gasteiger partial charge in [-0.05, 0) is 43.9 Å². The molecule has 0 aromatic carbocycles. The van der Waals surface area contributed by atoms with Crippen molar-refractivity contribution in [3.8, 4) is 0 Å². The Bertz CT molecular complexity index is 493. The van der Waals surface area contributed by atoms with E-state index < -0.39 is 0 Å². The normalized spacial score (nSPS) is 14.3. The van der Waals surface area contributed by atoms with E-state index in [4.69, 9.17) is 0 Å². The quantitative estimate of drug-likeness (QED) is 0.813. The van der Waals surface area contributed by atoms with E-state index in [1.165, 1.54) is 16.4 Å². The first-order valence-electron chi connectivity index (χ1n) is 7.29. The Hall–Kier alpha value is -1.27. The first-order valence-corrected chi connectivity index (χ1v) is 8.06.